The highest BCUT2D eigenvalue weighted by molar-refractivity contribution is 6.30. The summed E-state index contributed by atoms with van der Waals surface area (Å²) in [6, 6.07) is 22.5. The number of hydrogen-bond acceptors (Lipinski definition) is 2. The number of hydrogen-bond donors (Lipinski definition) is 1. The van der Waals surface area contributed by atoms with Crippen LogP contribution in [0, 0.1) is 0 Å². The van der Waals surface area contributed by atoms with Crippen molar-refractivity contribution in [2.24, 2.45) is 0 Å². The smallest absolute Gasteiger partial charge is 0.262 e. The Balaban J connectivity index is 1.97. The topological polar surface area (TPSA) is 29.5 Å². The van der Waals surface area contributed by atoms with Gasteiger partial charge in [0.2, 0.25) is 0 Å². The van der Waals surface area contributed by atoms with Crippen molar-refractivity contribution in [1.82, 2.24) is 0 Å². The van der Waals surface area contributed by atoms with Gasteiger partial charge in [-0.2, -0.15) is 0 Å². The number of fused-ring (bicyclic) bond motifs is 3. The van der Waals surface area contributed by atoms with Gasteiger partial charge in [-0.1, -0.05) is 66.2 Å². The standard InChI is InChI=1S/C19H13ClO2/c20-14-11-9-13(10-12-14)19(21)17-7-3-1-5-15(17)16-6-2-4-8-18(16)22-19/h1-12,21H. The van der Waals surface area contributed by atoms with Gasteiger partial charge in [0.25, 0.3) is 5.79 Å². The minimum absolute atomic E-state index is 0.622. The van der Waals surface area contributed by atoms with Gasteiger partial charge in [-0.15, -0.1) is 0 Å². The largest absolute Gasteiger partial charge is 0.453 e. The fraction of sp³-hybridized carbons (Fsp3) is 0.0526. The van der Waals surface area contributed by atoms with Gasteiger partial charge in [0.15, 0.2) is 0 Å². The maximum absolute atomic E-state index is 11.3. The van der Waals surface area contributed by atoms with Crippen molar-refractivity contribution in [3.63, 3.8) is 0 Å². The summed E-state index contributed by atoms with van der Waals surface area (Å²) in [4.78, 5) is 0. The molecule has 1 atom stereocenters. The molecule has 2 nitrogen and oxygen atoms in total. The Morgan fingerprint density at radius 3 is 2.18 bits per heavy atom. The molecule has 3 aromatic rings. The molecule has 108 valence electrons. The lowest BCUT2D eigenvalue weighted by molar-refractivity contribution is -0.110. The highest BCUT2D eigenvalue weighted by Gasteiger charge is 2.40. The van der Waals surface area contributed by atoms with Crippen LogP contribution in [0.4, 0.5) is 0 Å². The molecule has 3 heteroatoms. The van der Waals surface area contributed by atoms with E-state index in [1.54, 1.807) is 24.3 Å². The molecule has 0 aliphatic carbocycles. The summed E-state index contributed by atoms with van der Waals surface area (Å²) in [5, 5.41) is 11.9. The molecule has 1 aliphatic rings. The summed E-state index contributed by atoms with van der Waals surface area (Å²) in [5.74, 6) is -0.853. The molecule has 0 radical (unpaired) electrons. The Morgan fingerprint density at radius 2 is 1.41 bits per heavy atom. The van der Waals surface area contributed by atoms with E-state index in [2.05, 4.69) is 0 Å². The maximum atomic E-state index is 11.3. The van der Waals surface area contributed by atoms with E-state index < -0.39 is 5.79 Å². The molecule has 0 spiro atoms. The van der Waals surface area contributed by atoms with Gasteiger partial charge in [-0.25, -0.2) is 0 Å². The molecule has 4 rings (SSSR count). The van der Waals surface area contributed by atoms with E-state index in [-0.39, 0.29) is 0 Å². The predicted molar refractivity (Wildman–Crippen MR) is 87.0 cm³/mol. The van der Waals surface area contributed by atoms with Crippen LogP contribution in [0.3, 0.4) is 0 Å². The Morgan fingerprint density at radius 1 is 0.773 bits per heavy atom. The fourth-order valence-corrected chi connectivity index (χ4v) is 3.02. The molecule has 0 saturated carbocycles. The lowest BCUT2D eigenvalue weighted by Crippen LogP contribution is -2.37. The summed E-state index contributed by atoms with van der Waals surface area (Å²) < 4.78 is 5.98. The van der Waals surface area contributed by atoms with Gasteiger partial charge < -0.3 is 9.84 Å². The number of para-hydroxylation sites is 1. The fourth-order valence-electron chi connectivity index (χ4n) is 2.90. The van der Waals surface area contributed by atoms with E-state index >= 15 is 0 Å². The quantitative estimate of drug-likeness (QED) is 0.712. The van der Waals surface area contributed by atoms with E-state index in [0.717, 1.165) is 16.7 Å². The second kappa shape index (κ2) is 4.87. The third-order valence-corrected chi connectivity index (χ3v) is 4.21. The summed E-state index contributed by atoms with van der Waals surface area (Å²) in [6.07, 6.45) is 0. The Kier molecular flexibility index (Phi) is 2.96. The lowest BCUT2D eigenvalue weighted by Gasteiger charge is -2.36. The van der Waals surface area contributed by atoms with E-state index in [4.69, 9.17) is 16.3 Å². The number of aliphatic hydroxyl groups is 1. The van der Waals surface area contributed by atoms with Gasteiger partial charge in [0, 0.05) is 21.7 Å². The molecular weight excluding hydrogens is 296 g/mol. The summed E-state index contributed by atoms with van der Waals surface area (Å²) >= 11 is 5.95. The molecule has 0 amide bonds. The molecule has 1 unspecified atom stereocenters. The monoisotopic (exact) mass is 308 g/mol. The van der Waals surface area contributed by atoms with E-state index in [9.17, 15) is 5.11 Å². The molecule has 0 fully saturated rings. The van der Waals surface area contributed by atoms with Crippen LogP contribution >= 0.6 is 11.6 Å². The molecule has 0 bridgehead atoms. The summed E-state index contributed by atoms with van der Waals surface area (Å²) in [6.45, 7) is 0. The second-order valence-electron chi connectivity index (χ2n) is 5.29. The van der Waals surface area contributed by atoms with Crippen LogP contribution in [0.1, 0.15) is 11.1 Å². The minimum Gasteiger partial charge on any atom is -0.453 e. The van der Waals surface area contributed by atoms with Crippen molar-refractivity contribution in [2.45, 2.75) is 5.79 Å². The van der Waals surface area contributed by atoms with Crippen molar-refractivity contribution in [1.29, 1.82) is 0 Å². The average molecular weight is 309 g/mol. The maximum Gasteiger partial charge on any atom is 0.262 e. The highest BCUT2D eigenvalue weighted by Crippen LogP contribution is 2.46. The Hall–Kier alpha value is -2.29. The van der Waals surface area contributed by atoms with E-state index in [1.165, 1.54) is 0 Å². The number of ether oxygens (including phenoxy) is 1. The van der Waals surface area contributed by atoms with Gasteiger partial charge in [-0.3, -0.25) is 0 Å². The van der Waals surface area contributed by atoms with Crippen LogP contribution in [-0.4, -0.2) is 5.11 Å². The van der Waals surface area contributed by atoms with Crippen LogP contribution in [0.2, 0.25) is 5.02 Å². The third-order valence-electron chi connectivity index (χ3n) is 3.96. The normalized spacial score (nSPS) is 19.0. The Bertz CT molecular complexity index is 842. The average Bonchev–Trinajstić information content (AvgIpc) is 2.56. The van der Waals surface area contributed by atoms with Crippen molar-refractivity contribution < 1.29 is 9.84 Å². The number of halogens is 1. The van der Waals surface area contributed by atoms with Crippen LogP contribution in [0.25, 0.3) is 11.1 Å². The van der Waals surface area contributed by atoms with Gasteiger partial charge in [0.05, 0.1) is 0 Å². The van der Waals surface area contributed by atoms with Crippen molar-refractivity contribution in [3.8, 4) is 16.9 Å². The SMILES string of the molecule is OC1(c2ccc(Cl)cc2)Oc2ccccc2-c2ccccc21. The van der Waals surface area contributed by atoms with Crippen LogP contribution in [0.15, 0.2) is 72.8 Å². The molecule has 1 N–H and O–H groups in total. The van der Waals surface area contributed by atoms with Gasteiger partial charge in [0.1, 0.15) is 5.75 Å². The molecule has 0 saturated heterocycles. The predicted octanol–water partition coefficient (Wildman–Crippen LogP) is 4.59. The molecule has 1 heterocycles. The van der Waals surface area contributed by atoms with Crippen molar-refractivity contribution >= 4 is 11.6 Å². The zero-order valence-corrected chi connectivity index (χ0v) is 12.4. The summed E-state index contributed by atoms with van der Waals surface area (Å²) in [5.41, 5.74) is 3.34. The zero-order valence-electron chi connectivity index (χ0n) is 11.7. The van der Waals surface area contributed by atoms with Crippen LogP contribution in [-0.2, 0) is 5.79 Å². The minimum atomic E-state index is -1.52. The van der Waals surface area contributed by atoms with Gasteiger partial charge in [-0.05, 0) is 23.8 Å². The first-order valence-corrected chi connectivity index (χ1v) is 7.42. The third kappa shape index (κ3) is 1.92. The zero-order chi connectivity index (χ0) is 15.2. The Labute approximate surface area is 133 Å². The van der Waals surface area contributed by atoms with Crippen molar-refractivity contribution in [3.05, 3.63) is 88.9 Å². The molecule has 1 aliphatic heterocycles. The highest BCUT2D eigenvalue weighted by atomic mass is 35.5. The van der Waals surface area contributed by atoms with Crippen LogP contribution in [0.5, 0.6) is 5.75 Å². The van der Waals surface area contributed by atoms with Gasteiger partial charge >= 0.3 is 0 Å². The van der Waals surface area contributed by atoms with E-state index in [1.807, 2.05) is 48.5 Å². The first-order valence-electron chi connectivity index (χ1n) is 7.05. The van der Waals surface area contributed by atoms with E-state index in [0.29, 0.717) is 16.3 Å². The number of benzene rings is 3. The van der Waals surface area contributed by atoms with Crippen LogP contribution < -0.4 is 4.74 Å². The molecule has 3 aromatic carbocycles. The number of rotatable bonds is 1. The first kappa shape index (κ1) is 13.4. The first-order chi connectivity index (χ1) is 10.7. The lowest BCUT2D eigenvalue weighted by atomic mass is 9.87. The second-order valence-corrected chi connectivity index (χ2v) is 5.73. The summed E-state index contributed by atoms with van der Waals surface area (Å²) in [7, 11) is 0. The van der Waals surface area contributed by atoms with Crippen molar-refractivity contribution in [2.75, 3.05) is 0 Å². The molecular formula is C19H13ClO2. The molecule has 22 heavy (non-hydrogen) atoms. The molecule has 0 aromatic heterocycles.